The van der Waals surface area contributed by atoms with Crippen LogP contribution < -0.4 is 4.70 Å². The largest absolute Gasteiger partial charge is 1.00 e. The number of halogens is 2. The second-order valence-electron chi connectivity index (χ2n) is 5.15. The van der Waals surface area contributed by atoms with Crippen molar-refractivity contribution < 1.29 is 9.41 Å². The van der Waals surface area contributed by atoms with Crippen molar-refractivity contribution in [3.63, 3.8) is 0 Å². The zero-order chi connectivity index (χ0) is 10.8. The summed E-state index contributed by atoms with van der Waals surface area (Å²) in [4.78, 5) is 0. The van der Waals surface area contributed by atoms with Gasteiger partial charge in [0.2, 0.25) is 0 Å². The molecule has 0 aromatic heterocycles. The molecule has 3 saturated heterocycles. The van der Waals surface area contributed by atoms with E-state index in [2.05, 4.69) is 12.9 Å². The van der Waals surface area contributed by atoms with Gasteiger partial charge in [0, 0.05) is 39.3 Å². The first kappa shape index (κ1) is 16.1. The molecule has 108 valence electrons. The van der Waals surface area contributed by atoms with E-state index < -0.39 is 0 Å². The standard InChI is InChI=1S/C12H24N3S.2FH/c1-2-8-13(7-1)16(14-9-3-4-10-14)15-11-5-6-12-15;;/h1-12H2;2*1H/q+1;;/p-1. The highest BCUT2D eigenvalue weighted by molar-refractivity contribution is 7.90. The van der Waals surface area contributed by atoms with E-state index in [0.29, 0.717) is 11.5 Å². The van der Waals surface area contributed by atoms with Crippen LogP contribution in [0.15, 0.2) is 0 Å². The minimum atomic E-state index is 0. The van der Waals surface area contributed by atoms with E-state index in [1.165, 1.54) is 77.8 Å². The van der Waals surface area contributed by atoms with E-state index >= 15 is 0 Å². The van der Waals surface area contributed by atoms with E-state index in [9.17, 15) is 0 Å². The highest BCUT2D eigenvalue weighted by Crippen LogP contribution is 2.28. The predicted octanol–water partition coefficient (Wildman–Crippen LogP) is -1.21. The van der Waals surface area contributed by atoms with Gasteiger partial charge < -0.3 is 4.70 Å². The van der Waals surface area contributed by atoms with Crippen LogP contribution >= 0.6 is 0 Å². The quantitative estimate of drug-likeness (QED) is 0.601. The molecule has 3 aliphatic rings. The van der Waals surface area contributed by atoms with Gasteiger partial charge in [-0.15, -0.1) is 0 Å². The SMILES string of the molecule is C1CCN([S+](N2CCCC2)N2CCCC2)C1.F.[F-]. The molecule has 6 heteroatoms. The van der Waals surface area contributed by atoms with Crippen molar-refractivity contribution in [2.75, 3.05) is 39.3 Å². The molecule has 3 nitrogen and oxygen atoms in total. The van der Waals surface area contributed by atoms with E-state index in [4.69, 9.17) is 0 Å². The van der Waals surface area contributed by atoms with Crippen molar-refractivity contribution in [1.82, 2.24) is 12.9 Å². The molecule has 0 bridgehead atoms. The summed E-state index contributed by atoms with van der Waals surface area (Å²) in [6.07, 6.45) is 8.53. The Balaban J connectivity index is 0.000000810. The van der Waals surface area contributed by atoms with Gasteiger partial charge in [-0.1, -0.05) is 12.9 Å². The highest BCUT2D eigenvalue weighted by Gasteiger charge is 2.46. The molecule has 0 aromatic carbocycles. The fourth-order valence-corrected chi connectivity index (χ4v) is 5.78. The van der Waals surface area contributed by atoms with Crippen LogP contribution in [0.5, 0.6) is 0 Å². The van der Waals surface area contributed by atoms with Crippen LogP contribution in [-0.4, -0.2) is 52.2 Å². The lowest BCUT2D eigenvalue weighted by Crippen LogP contribution is -3.00. The Morgan fingerprint density at radius 3 is 0.944 bits per heavy atom. The Hall–Kier alpha value is 0.0900. The van der Waals surface area contributed by atoms with Crippen molar-refractivity contribution >= 4 is 11.5 Å². The average Bonchev–Trinajstić information content (AvgIpc) is 3.02. The maximum atomic E-state index is 2.76. The molecule has 0 N–H and O–H groups in total. The third-order valence-corrected chi connectivity index (χ3v) is 6.37. The second kappa shape index (κ2) is 7.62. The first-order valence-corrected chi connectivity index (χ1v) is 8.04. The van der Waals surface area contributed by atoms with Gasteiger partial charge in [-0.3, -0.25) is 4.70 Å². The first-order valence-electron chi connectivity index (χ1n) is 6.95. The Kier molecular flexibility index (Phi) is 6.84. The molecule has 0 unspecified atom stereocenters. The monoisotopic (exact) mass is 281 g/mol. The maximum absolute atomic E-state index is 2.76. The smallest absolute Gasteiger partial charge is 0.268 e. The van der Waals surface area contributed by atoms with Crippen LogP contribution in [0.3, 0.4) is 0 Å². The van der Waals surface area contributed by atoms with Crippen molar-refractivity contribution in [1.29, 1.82) is 0 Å². The summed E-state index contributed by atoms with van der Waals surface area (Å²) in [7, 11) is 0. The van der Waals surface area contributed by atoms with Crippen molar-refractivity contribution in [2.45, 2.75) is 38.5 Å². The zero-order valence-corrected chi connectivity index (χ0v) is 11.8. The van der Waals surface area contributed by atoms with Gasteiger partial charge in [0.15, 0.2) is 0 Å². The van der Waals surface area contributed by atoms with Crippen LogP contribution in [0.2, 0.25) is 0 Å². The van der Waals surface area contributed by atoms with Crippen LogP contribution in [0.4, 0.5) is 4.70 Å². The predicted molar refractivity (Wildman–Crippen MR) is 72.3 cm³/mol. The molecular formula is C12H25F2N3S. The molecular weight excluding hydrogens is 256 g/mol. The molecule has 0 spiro atoms. The lowest BCUT2D eigenvalue weighted by Gasteiger charge is -2.27. The number of nitrogens with zero attached hydrogens (tertiary/aromatic N) is 3. The summed E-state index contributed by atoms with van der Waals surface area (Å²) in [6.45, 7) is 8.06. The van der Waals surface area contributed by atoms with Gasteiger partial charge >= 0.3 is 0 Å². The summed E-state index contributed by atoms with van der Waals surface area (Å²) in [5.74, 6) is 0. The molecule has 3 fully saturated rings. The normalized spacial score (nSPS) is 26.5. The lowest BCUT2D eigenvalue weighted by molar-refractivity contribution is -0.00000437. The van der Waals surface area contributed by atoms with Gasteiger partial charge in [0.05, 0.1) is 0 Å². The minimum Gasteiger partial charge on any atom is -1.00 e. The van der Waals surface area contributed by atoms with E-state index in [1.54, 1.807) is 0 Å². The van der Waals surface area contributed by atoms with Crippen molar-refractivity contribution in [3.8, 4) is 0 Å². The molecule has 3 heterocycles. The summed E-state index contributed by atoms with van der Waals surface area (Å²) in [5.41, 5.74) is 0. The molecule has 18 heavy (non-hydrogen) atoms. The third-order valence-electron chi connectivity index (χ3n) is 3.89. The Labute approximate surface area is 112 Å². The molecule has 0 aromatic rings. The van der Waals surface area contributed by atoms with Gasteiger partial charge in [-0.2, -0.15) is 0 Å². The van der Waals surface area contributed by atoms with Gasteiger partial charge in [-0.05, 0) is 38.5 Å². The Morgan fingerprint density at radius 1 is 0.500 bits per heavy atom. The van der Waals surface area contributed by atoms with Crippen molar-refractivity contribution in [2.24, 2.45) is 0 Å². The molecule has 0 amide bonds. The number of rotatable bonds is 3. The molecule has 3 rings (SSSR count). The van der Waals surface area contributed by atoms with E-state index in [1.807, 2.05) is 0 Å². The van der Waals surface area contributed by atoms with E-state index in [-0.39, 0.29) is 9.41 Å². The zero-order valence-electron chi connectivity index (χ0n) is 11.0. The summed E-state index contributed by atoms with van der Waals surface area (Å²) in [5, 5.41) is 0. The van der Waals surface area contributed by atoms with E-state index in [0.717, 1.165) is 0 Å². The molecule has 0 saturated carbocycles. The van der Waals surface area contributed by atoms with Crippen molar-refractivity contribution in [3.05, 3.63) is 0 Å². The molecule has 0 radical (unpaired) electrons. The van der Waals surface area contributed by atoms with Crippen LogP contribution in [0.1, 0.15) is 38.5 Å². The van der Waals surface area contributed by atoms with Gasteiger partial charge in [-0.25, -0.2) is 0 Å². The summed E-state index contributed by atoms with van der Waals surface area (Å²) < 4.78 is 8.28. The number of hydrogen-bond acceptors (Lipinski definition) is 3. The Bertz CT molecular complexity index is 189. The second-order valence-corrected chi connectivity index (χ2v) is 7.19. The maximum Gasteiger partial charge on any atom is 0.268 e. The van der Waals surface area contributed by atoms with Crippen LogP contribution in [0, 0.1) is 0 Å². The van der Waals surface area contributed by atoms with Crippen LogP contribution in [0.25, 0.3) is 0 Å². The van der Waals surface area contributed by atoms with Gasteiger partial charge in [0.25, 0.3) is 11.5 Å². The summed E-state index contributed by atoms with van der Waals surface area (Å²) >= 11 is 0.350. The first-order chi connectivity index (χ1) is 7.95. The lowest BCUT2D eigenvalue weighted by atomic mass is 10.4. The number of hydrogen-bond donors (Lipinski definition) is 0. The highest BCUT2D eigenvalue weighted by atomic mass is 32.2. The van der Waals surface area contributed by atoms with Crippen LogP contribution in [-0.2, 0) is 11.5 Å². The molecule has 3 aliphatic heterocycles. The minimum absolute atomic E-state index is 0. The molecule has 0 aliphatic carbocycles. The van der Waals surface area contributed by atoms with Gasteiger partial charge in [0.1, 0.15) is 0 Å². The Morgan fingerprint density at radius 2 is 0.722 bits per heavy atom. The average molecular weight is 281 g/mol. The summed E-state index contributed by atoms with van der Waals surface area (Å²) in [6, 6.07) is 0. The molecule has 0 atom stereocenters. The fourth-order valence-electron chi connectivity index (χ4n) is 3.04. The topological polar surface area (TPSA) is 9.72 Å². The fraction of sp³-hybridized carbons (Fsp3) is 1.00. The third kappa shape index (κ3) is 3.35.